The van der Waals surface area contributed by atoms with Crippen LogP contribution in [-0.2, 0) is 32.5 Å². The third-order valence-corrected chi connectivity index (χ3v) is 7.82. The minimum absolute atomic E-state index is 0.00729. The first-order valence-electron chi connectivity index (χ1n) is 13.2. The minimum Gasteiger partial charge on any atom is -0.475 e. The molecule has 42 heavy (non-hydrogen) atoms. The summed E-state index contributed by atoms with van der Waals surface area (Å²) in [6, 6.07) is 17.3. The normalized spacial score (nSPS) is 17.2. The van der Waals surface area contributed by atoms with Crippen LogP contribution >= 0.6 is 0 Å². The maximum absolute atomic E-state index is 13.3. The molecular formula is C28H35F3N4O6S. The second kappa shape index (κ2) is 14.7. The van der Waals surface area contributed by atoms with Crippen LogP contribution in [0.25, 0.3) is 10.9 Å². The number of carbonyl (C=O) groups is 1. The fourth-order valence-corrected chi connectivity index (χ4v) is 5.47. The SMILES string of the molecule is CN(C)Cc1ccc(CCNS(=O)(=O)c2cc3ccccc3nc2NC[C@@H]2CC[C@H](CO)O2)cc1.O=C(O)C(F)(F)F. The highest BCUT2D eigenvalue weighted by molar-refractivity contribution is 7.89. The molecule has 2 heterocycles. The number of para-hydroxylation sites is 1. The quantitative estimate of drug-likeness (QED) is 0.256. The highest BCUT2D eigenvalue weighted by Crippen LogP contribution is 2.26. The summed E-state index contributed by atoms with van der Waals surface area (Å²) in [5.74, 6) is -2.45. The van der Waals surface area contributed by atoms with E-state index < -0.39 is 22.2 Å². The molecule has 0 saturated carbocycles. The zero-order valence-electron chi connectivity index (χ0n) is 23.3. The Morgan fingerprint density at radius 2 is 1.69 bits per heavy atom. The van der Waals surface area contributed by atoms with Crippen LogP contribution in [0.1, 0.15) is 24.0 Å². The van der Waals surface area contributed by atoms with Crippen LogP contribution in [0.3, 0.4) is 0 Å². The first-order valence-corrected chi connectivity index (χ1v) is 14.7. The van der Waals surface area contributed by atoms with Gasteiger partial charge >= 0.3 is 12.1 Å². The van der Waals surface area contributed by atoms with E-state index in [0.29, 0.717) is 24.3 Å². The van der Waals surface area contributed by atoms with E-state index in [1.165, 1.54) is 5.56 Å². The molecule has 0 aliphatic carbocycles. The fourth-order valence-electron chi connectivity index (χ4n) is 4.29. The number of halogens is 3. The van der Waals surface area contributed by atoms with Crippen molar-refractivity contribution in [1.29, 1.82) is 0 Å². The van der Waals surface area contributed by atoms with Gasteiger partial charge in [-0.15, -0.1) is 0 Å². The van der Waals surface area contributed by atoms with Gasteiger partial charge in [-0.2, -0.15) is 13.2 Å². The summed E-state index contributed by atoms with van der Waals surface area (Å²) < 4.78 is 66.8. The van der Waals surface area contributed by atoms with Crippen molar-refractivity contribution in [3.63, 3.8) is 0 Å². The molecule has 0 unspecified atom stereocenters. The number of ether oxygens (including phenoxy) is 1. The van der Waals surface area contributed by atoms with Gasteiger partial charge in [0.15, 0.2) is 0 Å². The second-order valence-electron chi connectivity index (χ2n) is 10.1. The van der Waals surface area contributed by atoms with Crippen molar-refractivity contribution in [3.8, 4) is 0 Å². The average Bonchev–Trinajstić information content (AvgIpc) is 3.40. The first-order chi connectivity index (χ1) is 19.8. The third kappa shape index (κ3) is 9.91. The number of aliphatic carboxylic acids is 1. The number of rotatable bonds is 11. The third-order valence-electron chi connectivity index (χ3n) is 6.34. The van der Waals surface area contributed by atoms with Crippen molar-refractivity contribution in [3.05, 3.63) is 65.7 Å². The van der Waals surface area contributed by atoms with E-state index >= 15 is 0 Å². The molecule has 14 heteroatoms. The van der Waals surface area contributed by atoms with Crippen molar-refractivity contribution in [2.75, 3.05) is 39.1 Å². The highest BCUT2D eigenvalue weighted by Gasteiger charge is 2.38. The van der Waals surface area contributed by atoms with Crippen molar-refractivity contribution in [2.45, 2.75) is 49.1 Å². The van der Waals surface area contributed by atoms with Gasteiger partial charge in [-0.05, 0) is 56.6 Å². The largest absolute Gasteiger partial charge is 0.490 e. The summed E-state index contributed by atoms with van der Waals surface area (Å²) in [5.41, 5.74) is 3.00. The molecule has 1 aliphatic heterocycles. The zero-order chi connectivity index (χ0) is 30.9. The Kier molecular flexibility index (Phi) is 11.7. The Bertz CT molecular complexity index is 1440. The summed E-state index contributed by atoms with van der Waals surface area (Å²) in [5, 5.41) is 20.4. The van der Waals surface area contributed by atoms with Gasteiger partial charge in [0.2, 0.25) is 10.0 Å². The van der Waals surface area contributed by atoms with Crippen LogP contribution in [-0.4, -0.2) is 86.7 Å². The number of aliphatic hydroxyl groups is 1. The molecule has 0 bridgehead atoms. The van der Waals surface area contributed by atoms with Gasteiger partial charge in [0.25, 0.3) is 0 Å². The van der Waals surface area contributed by atoms with Crippen LogP contribution in [0.2, 0.25) is 0 Å². The molecule has 4 rings (SSSR count). The summed E-state index contributed by atoms with van der Waals surface area (Å²) >= 11 is 0. The predicted octanol–water partition coefficient (Wildman–Crippen LogP) is 3.40. The van der Waals surface area contributed by atoms with E-state index in [0.717, 1.165) is 30.3 Å². The van der Waals surface area contributed by atoms with Gasteiger partial charge in [-0.1, -0.05) is 42.5 Å². The lowest BCUT2D eigenvalue weighted by atomic mass is 10.1. The number of nitrogens with zero attached hydrogens (tertiary/aromatic N) is 2. The van der Waals surface area contributed by atoms with Gasteiger partial charge in [0.1, 0.15) is 10.7 Å². The number of nitrogens with one attached hydrogen (secondary N) is 2. The van der Waals surface area contributed by atoms with E-state index in [9.17, 15) is 26.7 Å². The number of fused-ring (bicyclic) bond motifs is 1. The number of carboxylic acids is 1. The molecule has 0 radical (unpaired) electrons. The van der Waals surface area contributed by atoms with Gasteiger partial charge in [-0.3, -0.25) is 0 Å². The molecule has 1 saturated heterocycles. The highest BCUT2D eigenvalue weighted by atomic mass is 32.2. The molecule has 0 spiro atoms. The topological polar surface area (TPSA) is 141 Å². The molecular weight excluding hydrogens is 577 g/mol. The minimum atomic E-state index is -5.08. The van der Waals surface area contributed by atoms with Crippen LogP contribution in [0.4, 0.5) is 19.0 Å². The Balaban J connectivity index is 0.000000616. The molecule has 1 aliphatic rings. The van der Waals surface area contributed by atoms with Crippen molar-refractivity contribution < 1.29 is 41.3 Å². The zero-order valence-corrected chi connectivity index (χ0v) is 24.1. The molecule has 1 aromatic heterocycles. The van der Waals surface area contributed by atoms with Gasteiger partial charge < -0.3 is 25.2 Å². The van der Waals surface area contributed by atoms with E-state index in [-0.39, 0.29) is 30.3 Å². The number of sulfonamides is 1. The number of alkyl halides is 3. The maximum atomic E-state index is 13.3. The summed E-state index contributed by atoms with van der Waals surface area (Å²) in [4.78, 5) is 15.7. The number of aliphatic hydroxyl groups excluding tert-OH is 1. The van der Waals surface area contributed by atoms with E-state index in [1.54, 1.807) is 6.07 Å². The maximum Gasteiger partial charge on any atom is 0.490 e. The predicted molar refractivity (Wildman–Crippen MR) is 152 cm³/mol. The van der Waals surface area contributed by atoms with Crippen LogP contribution in [0.5, 0.6) is 0 Å². The molecule has 230 valence electrons. The van der Waals surface area contributed by atoms with Crippen LogP contribution in [0, 0.1) is 0 Å². The lowest BCUT2D eigenvalue weighted by molar-refractivity contribution is -0.192. The molecule has 10 nitrogen and oxygen atoms in total. The van der Waals surface area contributed by atoms with E-state index in [4.69, 9.17) is 14.6 Å². The lowest BCUT2D eigenvalue weighted by Gasteiger charge is -2.17. The summed E-state index contributed by atoms with van der Waals surface area (Å²) in [6.07, 6.45) is -3.16. The number of anilines is 1. The van der Waals surface area contributed by atoms with Gasteiger partial charge in [-0.25, -0.2) is 22.9 Å². The van der Waals surface area contributed by atoms with E-state index in [1.807, 2.05) is 50.5 Å². The van der Waals surface area contributed by atoms with Crippen LogP contribution in [0.15, 0.2) is 59.5 Å². The summed E-state index contributed by atoms with van der Waals surface area (Å²) in [7, 11) is 0.255. The molecule has 0 amide bonds. The van der Waals surface area contributed by atoms with Gasteiger partial charge in [0.05, 0.1) is 24.3 Å². The fraction of sp³-hybridized carbons (Fsp3) is 0.429. The van der Waals surface area contributed by atoms with Crippen molar-refractivity contribution >= 4 is 32.7 Å². The van der Waals surface area contributed by atoms with Crippen LogP contribution < -0.4 is 10.0 Å². The number of hydrogen-bond acceptors (Lipinski definition) is 8. The second-order valence-corrected chi connectivity index (χ2v) is 11.8. The molecule has 1 fully saturated rings. The Morgan fingerprint density at radius 3 is 2.29 bits per heavy atom. The molecule has 2 atom stereocenters. The summed E-state index contributed by atoms with van der Waals surface area (Å²) in [6.45, 7) is 1.56. The molecule has 4 N–H and O–H groups in total. The van der Waals surface area contributed by atoms with Crippen molar-refractivity contribution in [2.24, 2.45) is 0 Å². The number of benzene rings is 2. The Morgan fingerprint density at radius 1 is 1.07 bits per heavy atom. The average molecular weight is 613 g/mol. The molecule has 2 aromatic carbocycles. The molecule has 3 aromatic rings. The Labute approximate surface area is 242 Å². The standard InChI is InChI=1S/C26H34N4O4S.C2HF3O2/c1-30(2)17-20-9-7-19(8-10-20)13-14-28-35(32,33)25-15-21-5-3-4-6-24(21)29-26(25)27-16-22-11-12-23(18-31)34-22;3-2(4,5)1(6)7/h3-10,15,22-23,28,31H,11-14,16-18H2,1-2H3,(H,27,29);(H,6,7)/t22-,23+;/m0./s1. The Hall–Kier alpha value is -3.30. The number of carboxylic acid groups (broad SMARTS) is 1. The number of hydrogen-bond donors (Lipinski definition) is 4. The number of pyridine rings is 1. The monoisotopic (exact) mass is 612 g/mol. The number of aromatic nitrogens is 1. The van der Waals surface area contributed by atoms with Gasteiger partial charge in [0, 0.05) is 25.0 Å². The lowest BCUT2D eigenvalue weighted by Crippen LogP contribution is -2.28. The van der Waals surface area contributed by atoms with Crippen molar-refractivity contribution in [1.82, 2.24) is 14.6 Å². The smallest absolute Gasteiger partial charge is 0.475 e. The van der Waals surface area contributed by atoms with E-state index in [2.05, 4.69) is 32.1 Å². The first kappa shape index (κ1) is 33.2.